The first-order valence-electron chi connectivity index (χ1n) is 8.99. The van der Waals surface area contributed by atoms with E-state index in [4.69, 9.17) is 4.74 Å². The van der Waals surface area contributed by atoms with Crippen molar-refractivity contribution in [3.8, 4) is 5.75 Å². The molecule has 0 atom stereocenters. The van der Waals surface area contributed by atoms with Gasteiger partial charge in [0.15, 0.2) is 12.3 Å². The Balaban J connectivity index is 0.00000300. The van der Waals surface area contributed by atoms with Gasteiger partial charge in [-0.05, 0) is 51.9 Å². The predicted molar refractivity (Wildman–Crippen MR) is 104 cm³/mol. The summed E-state index contributed by atoms with van der Waals surface area (Å²) >= 11 is 0. The minimum absolute atomic E-state index is 0. The lowest BCUT2D eigenvalue weighted by Gasteiger charge is -2.23. The summed E-state index contributed by atoms with van der Waals surface area (Å²) in [5.74, 6) is -0.404. The van der Waals surface area contributed by atoms with Crippen molar-refractivity contribution in [2.45, 2.75) is 38.9 Å². The lowest BCUT2D eigenvalue weighted by molar-refractivity contribution is -0.153. The molecule has 11 heteroatoms. The molecule has 1 fully saturated rings. The van der Waals surface area contributed by atoms with Crippen LogP contribution in [-0.2, 0) is 0 Å². The first kappa shape index (κ1) is 23.0. The number of rotatable bonds is 5. The molecule has 1 aliphatic rings. The Morgan fingerprint density at radius 3 is 2.66 bits per heavy atom. The van der Waals surface area contributed by atoms with Crippen molar-refractivity contribution >= 4 is 24.0 Å². The van der Waals surface area contributed by atoms with Crippen LogP contribution in [0.1, 0.15) is 40.6 Å². The average molecular weight is 434 g/mol. The number of hydrogen-bond donors (Lipinski definition) is 2. The van der Waals surface area contributed by atoms with Gasteiger partial charge in [-0.25, -0.2) is 4.68 Å². The molecule has 1 amide bonds. The summed E-state index contributed by atoms with van der Waals surface area (Å²) in [5.41, 5.74) is 1.62. The molecule has 0 bridgehead atoms. The van der Waals surface area contributed by atoms with E-state index in [9.17, 15) is 18.0 Å². The quantitative estimate of drug-likeness (QED) is 0.755. The van der Waals surface area contributed by atoms with Gasteiger partial charge in [-0.15, -0.1) is 17.5 Å². The number of carbonyl (C=O) groups is 1. The van der Waals surface area contributed by atoms with E-state index < -0.39 is 18.7 Å². The molecule has 1 saturated heterocycles. The first-order valence-corrected chi connectivity index (χ1v) is 8.99. The number of anilines is 1. The standard InChI is InChI=1S/C18H22F3N5O2.ClH/c1-11-14(4-3-5-15(11)28-10-18(19,20)21)23-17(27)16-12(2)26(25-24-16)13-6-8-22-9-7-13;/h3-5,13,22H,6-10H2,1-2H3,(H,23,27);1H. The monoisotopic (exact) mass is 433 g/mol. The highest BCUT2D eigenvalue weighted by Crippen LogP contribution is 2.28. The number of piperidine rings is 1. The van der Waals surface area contributed by atoms with Crippen molar-refractivity contribution in [3.63, 3.8) is 0 Å². The zero-order valence-corrected chi connectivity index (χ0v) is 16.9. The smallest absolute Gasteiger partial charge is 0.422 e. The van der Waals surface area contributed by atoms with Crippen LogP contribution < -0.4 is 15.4 Å². The van der Waals surface area contributed by atoms with Crippen LogP contribution in [0.5, 0.6) is 5.75 Å². The molecule has 1 aromatic carbocycles. The highest BCUT2D eigenvalue weighted by Gasteiger charge is 2.29. The number of amides is 1. The van der Waals surface area contributed by atoms with Gasteiger partial charge in [0.05, 0.1) is 11.7 Å². The number of alkyl halides is 3. The molecule has 1 aliphatic heterocycles. The number of aromatic nitrogens is 3. The maximum atomic E-state index is 12.7. The molecular weight excluding hydrogens is 411 g/mol. The Kier molecular flexibility index (Phi) is 7.48. The van der Waals surface area contributed by atoms with Crippen molar-refractivity contribution < 1.29 is 22.7 Å². The molecule has 0 radical (unpaired) electrons. The fourth-order valence-corrected chi connectivity index (χ4v) is 3.20. The van der Waals surface area contributed by atoms with Gasteiger partial charge in [0.2, 0.25) is 0 Å². The highest BCUT2D eigenvalue weighted by molar-refractivity contribution is 6.04. The van der Waals surface area contributed by atoms with Gasteiger partial charge in [-0.1, -0.05) is 11.3 Å². The third-order valence-corrected chi connectivity index (χ3v) is 4.72. The Bertz CT molecular complexity index is 851. The van der Waals surface area contributed by atoms with Crippen LogP contribution in [-0.4, -0.2) is 46.8 Å². The zero-order chi connectivity index (χ0) is 20.3. The normalized spacial score (nSPS) is 14.9. The van der Waals surface area contributed by atoms with E-state index in [1.165, 1.54) is 12.1 Å². The molecule has 29 heavy (non-hydrogen) atoms. The van der Waals surface area contributed by atoms with Crippen LogP contribution in [0.3, 0.4) is 0 Å². The molecule has 7 nitrogen and oxygen atoms in total. The van der Waals surface area contributed by atoms with Crippen LogP contribution in [0.4, 0.5) is 18.9 Å². The van der Waals surface area contributed by atoms with Gasteiger partial charge >= 0.3 is 6.18 Å². The lowest BCUT2D eigenvalue weighted by Crippen LogP contribution is -2.30. The van der Waals surface area contributed by atoms with Gasteiger partial charge in [-0.3, -0.25) is 4.79 Å². The van der Waals surface area contributed by atoms with E-state index >= 15 is 0 Å². The van der Waals surface area contributed by atoms with E-state index in [1.807, 2.05) is 0 Å². The second-order valence-corrected chi connectivity index (χ2v) is 6.74. The molecule has 1 aromatic heterocycles. The minimum atomic E-state index is -4.43. The Morgan fingerprint density at radius 2 is 2.00 bits per heavy atom. The second-order valence-electron chi connectivity index (χ2n) is 6.74. The van der Waals surface area contributed by atoms with Crippen LogP contribution >= 0.6 is 12.4 Å². The van der Waals surface area contributed by atoms with E-state index in [2.05, 4.69) is 20.9 Å². The third kappa shape index (κ3) is 5.60. The summed E-state index contributed by atoms with van der Waals surface area (Å²) in [6, 6.07) is 4.74. The molecule has 0 unspecified atom stereocenters. The summed E-state index contributed by atoms with van der Waals surface area (Å²) in [4.78, 5) is 12.7. The maximum Gasteiger partial charge on any atom is 0.422 e. The number of nitrogens with zero attached hydrogens (tertiary/aromatic N) is 3. The Hall–Kier alpha value is -2.33. The second kappa shape index (κ2) is 9.45. The van der Waals surface area contributed by atoms with Crippen LogP contribution in [0, 0.1) is 13.8 Å². The molecule has 0 saturated carbocycles. The van der Waals surface area contributed by atoms with E-state index in [1.54, 1.807) is 24.6 Å². The van der Waals surface area contributed by atoms with Crippen molar-refractivity contribution in [1.29, 1.82) is 0 Å². The fraction of sp³-hybridized carbons (Fsp3) is 0.500. The fourth-order valence-electron chi connectivity index (χ4n) is 3.20. The van der Waals surface area contributed by atoms with Gasteiger partial charge in [0.1, 0.15) is 5.75 Å². The molecule has 2 aromatic rings. The zero-order valence-electron chi connectivity index (χ0n) is 16.0. The van der Waals surface area contributed by atoms with E-state index in [-0.39, 0.29) is 29.9 Å². The van der Waals surface area contributed by atoms with Crippen molar-refractivity contribution in [1.82, 2.24) is 20.3 Å². The first-order chi connectivity index (χ1) is 13.3. The van der Waals surface area contributed by atoms with Gasteiger partial charge < -0.3 is 15.4 Å². The number of nitrogens with one attached hydrogen (secondary N) is 2. The number of halogens is 4. The SMILES string of the molecule is Cc1c(NC(=O)c2nnn(C3CCNCC3)c2C)cccc1OCC(F)(F)F.Cl. The van der Waals surface area contributed by atoms with Crippen LogP contribution in [0.15, 0.2) is 18.2 Å². The lowest BCUT2D eigenvalue weighted by atomic mass is 10.1. The molecular formula is C18H23ClF3N5O2. The number of ether oxygens (including phenoxy) is 1. The van der Waals surface area contributed by atoms with Gasteiger partial charge in [-0.2, -0.15) is 13.2 Å². The van der Waals surface area contributed by atoms with E-state index in [0.717, 1.165) is 25.9 Å². The molecule has 160 valence electrons. The van der Waals surface area contributed by atoms with Gasteiger partial charge in [0, 0.05) is 11.3 Å². The summed E-state index contributed by atoms with van der Waals surface area (Å²) in [7, 11) is 0. The number of benzene rings is 1. The number of hydrogen-bond acceptors (Lipinski definition) is 5. The molecule has 0 spiro atoms. The third-order valence-electron chi connectivity index (χ3n) is 4.72. The van der Waals surface area contributed by atoms with Gasteiger partial charge in [0.25, 0.3) is 5.91 Å². The van der Waals surface area contributed by atoms with Crippen molar-refractivity contribution in [2.24, 2.45) is 0 Å². The van der Waals surface area contributed by atoms with Crippen LogP contribution in [0.2, 0.25) is 0 Å². The topological polar surface area (TPSA) is 81.1 Å². The Morgan fingerprint density at radius 1 is 1.31 bits per heavy atom. The largest absolute Gasteiger partial charge is 0.484 e. The number of carbonyl (C=O) groups excluding carboxylic acids is 1. The van der Waals surface area contributed by atoms with Crippen molar-refractivity contribution in [3.05, 3.63) is 35.2 Å². The summed E-state index contributed by atoms with van der Waals surface area (Å²) < 4.78 is 43.8. The minimum Gasteiger partial charge on any atom is -0.484 e. The summed E-state index contributed by atoms with van der Waals surface area (Å²) in [5, 5.41) is 14.1. The molecule has 0 aliphatic carbocycles. The molecule has 2 N–H and O–H groups in total. The van der Waals surface area contributed by atoms with E-state index in [0.29, 0.717) is 16.9 Å². The predicted octanol–water partition coefficient (Wildman–Crippen LogP) is 3.43. The van der Waals surface area contributed by atoms with Crippen molar-refractivity contribution in [2.75, 3.05) is 25.0 Å². The maximum absolute atomic E-state index is 12.7. The average Bonchev–Trinajstić information content (AvgIpc) is 3.04. The summed E-state index contributed by atoms with van der Waals surface area (Å²) in [6.45, 7) is 3.74. The summed E-state index contributed by atoms with van der Waals surface area (Å²) in [6.07, 6.45) is -2.62. The Labute approximate surface area is 172 Å². The molecule has 2 heterocycles. The highest BCUT2D eigenvalue weighted by atomic mass is 35.5. The van der Waals surface area contributed by atoms with Crippen LogP contribution in [0.25, 0.3) is 0 Å². The molecule has 3 rings (SSSR count).